The van der Waals surface area contributed by atoms with Gasteiger partial charge in [0.15, 0.2) is 9.84 Å². The summed E-state index contributed by atoms with van der Waals surface area (Å²) in [6.07, 6.45) is 0.988. The van der Waals surface area contributed by atoms with E-state index in [2.05, 4.69) is 0 Å². The van der Waals surface area contributed by atoms with E-state index in [0.717, 1.165) is 17.6 Å². The van der Waals surface area contributed by atoms with Gasteiger partial charge in [-0.15, -0.1) is 0 Å². The zero-order valence-electron chi connectivity index (χ0n) is 6.14. The van der Waals surface area contributed by atoms with E-state index in [-0.39, 0.29) is 10.5 Å². The second kappa shape index (κ2) is 2.87. The molecule has 6 heteroatoms. The van der Waals surface area contributed by atoms with Gasteiger partial charge in [-0.2, -0.15) is 11.3 Å². The third kappa shape index (κ3) is 1.64. The Labute approximate surface area is 73.4 Å². The fourth-order valence-corrected chi connectivity index (χ4v) is 2.90. The third-order valence-electron chi connectivity index (χ3n) is 1.26. The van der Waals surface area contributed by atoms with Crippen molar-refractivity contribution in [2.45, 2.75) is 4.90 Å². The van der Waals surface area contributed by atoms with Crippen molar-refractivity contribution in [3.63, 3.8) is 0 Å². The van der Waals surface area contributed by atoms with Crippen molar-refractivity contribution < 1.29 is 18.3 Å². The van der Waals surface area contributed by atoms with Crippen LogP contribution in [-0.4, -0.2) is 25.7 Å². The molecule has 0 aliphatic rings. The van der Waals surface area contributed by atoms with E-state index >= 15 is 0 Å². The third-order valence-corrected chi connectivity index (χ3v) is 3.29. The number of hydrogen-bond donors (Lipinski definition) is 1. The summed E-state index contributed by atoms with van der Waals surface area (Å²) in [5, 5.41) is 11.2. The van der Waals surface area contributed by atoms with Crippen LogP contribution >= 0.6 is 11.3 Å². The maximum absolute atomic E-state index is 11.0. The molecule has 0 fully saturated rings. The molecular weight excluding hydrogens is 200 g/mol. The van der Waals surface area contributed by atoms with Gasteiger partial charge in [0.2, 0.25) is 0 Å². The summed E-state index contributed by atoms with van der Waals surface area (Å²) in [4.78, 5) is 10.4. The number of thiophene rings is 1. The minimum atomic E-state index is -3.41. The molecule has 0 unspecified atom stereocenters. The molecule has 0 saturated carbocycles. The first-order valence-corrected chi connectivity index (χ1v) is 5.76. The Morgan fingerprint density at radius 3 is 2.42 bits per heavy atom. The largest absolute Gasteiger partial charge is 0.478 e. The Hall–Kier alpha value is -0.880. The normalized spacial score (nSPS) is 11.4. The lowest BCUT2D eigenvalue weighted by Gasteiger charge is -1.94. The topological polar surface area (TPSA) is 71.4 Å². The quantitative estimate of drug-likeness (QED) is 0.778. The van der Waals surface area contributed by atoms with Crippen molar-refractivity contribution in [3.05, 3.63) is 16.3 Å². The van der Waals surface area contributed by atoms with Crippen molar-refractivity contribution in [2.75, 3.05) is 6.26 Å². The van der Waals surface area contributed by atoms with Gasteiger partial charge in [-0.25, -0.2) is 13.2 Å². The lowest BCUT2D eigenvalue weighted by molar-refractivity contribution is 0.0693. The molecule has 1 heterocycles. The lowest BCUT2D eigenvalue weighted by Crippen LogP contribution is -2.04. The van der Waals surface area contributed by atoms with E-state index in [1.807, 2.05) is 0 Å². The van der Waals surface area contributed by atoms with Gasteiger partial charge < -0.3 is 5.11 Å². The zero-order chi connectivity index (χ0) is 9.35. The predicted octanol–water partition coefficient (Wildman–Crippen LogP) is 0.850. The molecule has 1 aromatic heterocycles. The van der Waals surface area contributed by atoms with Gasteiger partial charge in [-0.1, -0.05) is 0 Å². The van der Waals surface area contributed by atoms with Crippen molar-refractivity contribution in [3.8, 4) is 0 Å². The first-order chi connectivity index (χ1) is 5.43. The molecule has 0 atom stereocenters. The zero-order valence-corrected chi connectivity index (χ0v) is 7.78. The fourth-order valence-electron chi connectivity index (χ4n) is 0.728. The Morgan fingerprint density at radius 1 is 1.50 bits per heavy atom. The van der Waals surface area contributed by atoms with E-state index in [1.54, 1.807) is 0 Å². The van der Waals surface area contributed by atoms with E-state index in [9.17, 15) is 13.2 Å². The Bertz CT molecular complexity index is 401. The van der Waals surface area contributed by atoms with Crippen molar-refractivity contribution in [1.82, 2.24) is 0 Å². The summed E-state index contributed by atoms with van der Waals surface area (Å²) in [6.45, 7) is 0. The summed E-state index contributed by atoms with van der Waals surface area (Å²) in [6, 6.07) is 0. The minimum Gasteiger partial charge on any atom is -0.478 e. The van der Waals surface area contributed by atoms with Crippen molar-refractivity contribution >= 4 is 27.1 Å². The molecular formula is C6H6O4S2. The van der Waals surface area contributed by atoms with Crippen LogP contribution in [0.3, 0.4) is 0 Å². The molecule has 0 aromatic carbocycles. The van der Waals surface area contributed by atoms with E-state index in [0.29, 0.717) is 0 Å². The van der Waals surface area contributed by atoms with Gasteiger partial charge in [-0.05, 0) is 0 Å². The number of sulfone groups is 1. The SMILES string of the molecule is CS(=O)(=O)c1cscc1C(=O)O. The number of carboxylic acid groups (broad SMARTS) is 1. The van der Waals surface area contributed by atoms with Crippen LogP contribution in [0.1, 0.15) is 10.4 Å². The molecule has 1 rings (SSSR count). The van der Waals surface area contributed by atoms with Gasteiger partial charge in [0.05, 0.1) is 10.5 Å². The second-order valence-electron chi connectivity index (χ2n) is 2.23. The molecule has 0 aliphatic carbocycles. The summed E-state index contributed by atoms with van der Waals surface area (Å²) < 4.78 is 21.9. The van der Waals surface area contributed by atoms with Crippen LogP contribution in [0.25, 0.3) is 0 Å². The standard InChI is InChI=1S/C6H6O4S2/c1-12(9,10)5-3-11-2-4(5)6(7)8/h2-3H,1H3,(H,7,8). The number of aromatic carboxylic acids is 1. The summed E-state index contributed by atoms with van der Waals surface area (Å²) in [7, 11) is -3.41. The van der Waals surface area contributed by atoms with Gasteiger partial charge >= 0.3 is 5.97 Å². The van der Waals surface area contributed by atoms with Gasteiger partial charge in [0, 0.05) is 17.0 Å². The molecule has 1 aromatic rings. The van der Waals surface area contributed by atoms with E-state index < -0.39 is 15.8 Å². The van der Waals surface area contributed by atoms with Crippen LogP contribution in [0.2, 0.25) is 0 Å². The van der Waals surface area contributed by atoms with Crippen LogP contribution in [0, 0.1) is 0 Å². The number of carboxylic acids is 1. The molecule has 0 aliphatic heterocycles. The Kier molecular flexibility index (Phi) is 2.20. The molecule has 4 nitrogen and oxygen atoms in total. The van der Waals surface area contributed by atoms with E-state index in [4.69, 9.17) is 5.11 Å². The predicted molar refractivity (Wildman–Crippen MR) is 44.4 cm³/mol. The highest BCUT2D eigenvalue weighted by molar-refractivity contribution is 7.91. The molecule has 0 radical (unpaired) electrons. The Morgan fingerprint density at radius 2 is 2.08 bits per heavy atom. The van der Waals surface area contributed by atoms with Gasteiger partial charge in [0.1, 0.15) is 0 Å². The van der Waals surface area contributed by atoms with Gasteiger partial charge in [-0.3, -0.25) is 0 Å². The molecule has 0 amide bonds. The second-order valence-corrected chi connectivity index (χ2v) is 4.95. The smallest absolute Gasteiger partial charge is 0.337 e. The molecule has 1 N–H and O–H groups in total. The first-order valence-electron chi connectivity index (χ1n) is 2.92. The minimum absolute atomic E-state index is 0.111. The van der Waals surface area contributed by atoms with Crippen molar-refractivity contribution in [2.24, 2.45) is 0 Å². The maximum Gasteiger partial charge on any atom is 0.337 e. The highest BCUT2D eigenvalue weighted by Gasteiger charge is 2.18. The fraction of sp³-hybridized carbons (Fsp3) is 0.167. The van der Waals surface area contributed by atoms with Crippen LogP contribution in [0.4, 0.5) is 0 Å². The summed E-state index contributed by atoms with van der Waals surface area (Å²) >= 11 is 1.06. The van der Waals surface area contributed by atoms with E-state index in [1.165, 1.54) is 10.8 Å². The summed E-state index contributed by atoms with van der Waals surface area (Å²) in [5.74, 6) is -1.21. The molecule has 0 bridgehead atoms. The molecule has 66 valence electrons. The molecule has 0 saturated heterocycles. The van der Waals surface area contributed by atoms with Crippen LogP contribution in [0.5, 0.6) is 0 Å². The van der Waals surface area contributed by atoms with Crippen molar-refractivity contribution in [1.29, 1.82) is 0 Å². The average molecular weight is 206 g/mol. The van der Waals surface area contributed by atoms with Crippen LogP contribution in [-0.2, 0) is 9.84 Å². The molecule has 0 spiro atoms. The molecule has 12 heavy (non-hydrogen) atoms. The average Bonchev–Trinajstić information content (AvgIpc) is 2.30. The number of carbonyl (C=O) groups is 1. The van der Waals surface area contributed by atoms with Gasteiger partial charge in [0.25, 0.3) is 0 Å². The van der Waals surface area contributed by atoms with Crippen LogP contribution < -0.4 is 0 Å². The van der Waals surface area contributed by atoms with Crippen LogP contribution in [0.15, 0.2) is 15.7 Å². The highest BCUT2D eigenvalue weighted by atomic mass is 32.2. The highest BCUT2D eigenvalue weighted by Crippen LogP contribution is 2.19. The number of rotatable bonds is 2. The number of hydrogen-bond acceptors (Lipinski definition) is 4. The Balaban J connectivity index is 3.36. The maximum atomic E-state index is 11.0. The monoisotopic (exact) mass is 206 g/mol. The first kappa shape index (κ1) is 9.21. The lowest BCUT2D eigenvalue weighted by atomic mass is 10.3. The summed E-state index contributed by atoms with van der Waals surface area (Å²) in [5.41, 5.74) is -0.150.